The highest BCUT2D eigenvalue weighted by molar-refractivity contribution is 9.10. The van der Waals surface area contributed by atoms with Gasteiger partial charge in [-0.25, -0.2) is 4.98 Å². The summed E-state index contributed by atoms with van der Waals surface area (Å²) in [6.07, 6.45) is 1.65. The summed E-state index contributed by atoms with van der Waals surface area (Å²) in [5.41, 5.74) is 7.19. The average Bonchev–Trinajstić information content (AvgIpc) is 2.57. The summed E-state index contributed by atoms with van der Waals surface area (Å²) < 4.78 is 0.642. The van der Waals surface area contributed by atoms with Gasteiger partial charge in [0.05, 0.1) is 16.4 Å². The van der Waals surface area contributed by atoms with E-state index in [1.165, 1.54) is 0 Å². The number of hydrogen-bond donors (Lipinski definition) is 3. The smallest absolute Gasteiger partial charge is 0.197 e. The van der Waals surface area contributed by atoms with Crippen LogP contribution in [0.3, 0.4) is 0 Å². The lowest BCUT2D eigenvalue weighted by Crippen LogP contribution is -1.85. The van der Waals surface area contributed by atoms with Crippen LogP contribution in [0.25, 0.3) is 11.3 Å². The highest BCUT2D eigenvalue weighted by Gasteiger charge is 2.03. The van der Waals surface area contributed by atoms with E-state index >= 15 is 0 Å². The van der Waals surface area contributed by atoms with Crippen LogP contribution in [0, 0.1) is 0 Å². The largest absolute Gasteiger partial charge is 0.507 e. The number of aromatic hydroxyl groups is 1. The van der Waals surface area contributed by atoms with Crippen molar-refractivity contribution in [1.29, 1.82) is 0 Å². The molecular formula is C9H8BrN3O. The van der Waals surface area contributed by atoms with E-state index in [0.717, 1.165) is 11.3 Å². The maximum atomic E-state index is 9.30. The number of phenolic OH excluding ortho intramolecular Hbond substituents is 1. The summed E-state index contributed by atoms with van der Waals surface area (Å²) in [5, 5.41) is 9.30. The first kappa shape index (κ1) is 9.08. The van der Waals surface area contributed by atoms with Crippen LogP contribution in [-0.4, -0.2) is 15.1 Å². The Hall–Kier alpha value is -1.49. The molecular weight excluding hydrogens is 246 g/mol. The molecule has 4 nitrogen and oxygen atoms in total. The van der Waals surface area contributed by atoms with E-state index in [1.54, 1.807) is 24.4 Å². The molecule has 2 aromatic rings. The summed E-state index contributed by atoms with van der Waals surface area (Å²) in [6, 6.07) is 5.19. The quantitative estimate of drug-likeness (QED) is 0.729. The van der Waals surface area contributed by atoms with Gasteiger partial charge in [0.2, 0.25) is 0 Å². The number of nitrogen functional groups attached to an aromatic ring is 1. The predicted octanol–water partition coefficient (Wildman–Crippen LogP) is 2.13. The second-order valence-electron chi connectivity index (χ2n) is 2.85. The molecule has 0 fully saturated rings. The SMILES string of the molecule is Nc1ncc(-c2ccc(O)c(Br)c2)[nH]1. The topological polar surface area (TPSA) is 74.9 Å². The maximum absolute atomic E-state index is 9.30. The number of nitrogens with one attached hydrogen (secondary N) is 1. The molecule has 5 heteroatoms. The minimum Gasteiger partial charge on any atom is -0.507 e. The first-order chi connectivity index (χ1) is 6.66. The first-order valence-electron chi connectivity index (χ1n) is 3.96. The van der Waals surface area contributed by atoms with Crippen molar-refractivity contribution in [2.45, 2.75) is 0 Å². The van der Waals surface area contributed by atoms with E-state index in [1.807, 2.05) is 0 Å². The normalized spacial score (nSPS) is 10.4. The zero-order valence-electron chi connectivity index (χ0n) is 7.16. The number of nitrogens with two attached hydrogens (primary N) is 1. The highest BCUT2D eigenvalue weighted by Crippen LogP contribution is 2.28. The molecule has 0 saturated heterocycles. The Morgan fingerprint density at radius 1 is 1.43 bits per heavy atom. The molecule has 0 aliphatic heterocycles. The minimum absolute atomic E-state index is 0.209. The van der Waals surface area contributed by atoms with E-state index < -0.39 is 0 Å². The van der Waals surface area contributed by atoms with Crippen molar-refractivity contribution in [1.82, 2.24) is 9.97 Å². The zero-order valence-corrected chi connectivity index (χ0v) is 8.75. The Bertz CT molecular complexity index is 467. The molecule has 0 amide bonds. The van der Waals surface area contributed by atoms with Gasteiger partial charge in [-0.15, -0.1) is 0 Å². The molecule has 1 aromatic heterocycles. The molecule has 2 rings (SSSR count). The number of imidazole rings is 1. The number of benzene rings is 1. The monoisotopic (exact) mass is 253 g/mol. The Labute approximate surface area is 88.9 Å². The molecule has 1 aromatic carbocycles. The van der Waals surface area contributed by atoms with Gasteiger partial charge in [-0.1, -0.05) is 0 Å². The van der Waals surface area contributed by atoms with Crippen LogP contribution < -0.4 is 5.73 Å². The minimum atomic E-state index is 0.209. The molecule has 0 spiro atoms. The number of hydrogen-bond acceptors (Lipinski definition) is 3. The molecule has 0 aliphatic carbocycles. The fourth-order valence-electron chi connectivity index (χ4n) is 1.16. The van der Waals surface area contributed by atoms with Crippen molar-refractivity contribution in [3.63, 3.8) is 0 Å². The summed E-state index contributed by atoms with van der Waals surface area (Å²) >= 11 is 3.23. The number of rotatable bonds is 1. The van der Waals surface area contributed by atoms with Gasteiger partial charge in [0.25, 0.3) is 0 Å². The van der Waals surface area contributed by atoms with Gasteiger partial charge in [-0.3, -0.25) is 0 Å². The lowest BCUT2D eigenvalue weighted by molar-refractivity contribution is 0.472. The Morgan fingerprint density at radius 3 is 2.79 bits per heavy atom. The third-order valence-corrected chi connectivity index (χ3v) is 2.49. The summed E-state index contributed by atoms with van der Waals surface area (Å²) in [7, 11) is 0. The summed E-state index contributed by atoms with van der Waals surface area (Å²) in [6.45, 7) is 0. The number of phenols is 1. The van der Waals surface area contributed by atoms with E-state index in [9.17, 15) is 5.11 Å². The van der Waals surface area contributed by atoms with Gasteiger partial charge in [0, 0.05) is 5.56 Å². The summed E-state index contributed by atoms with van der Waals surface area (Å²) in [4.78, 5) is 6.79. The molecule has 0 aliphatic rings. The van der Waals surface area contributed by atoms with Crippen LogP contribution in [-0.2, 0) is 0 Å². The number of aromatic nitrogens is 2. The second kappa shape index (κ2) is 3.34. The Kier molecular flexibility index (Phi) is 2.17. The van der Waals surface area contributed by atoms with Gasteiger partial charge in [0.1, 0.15) is 5.75 Å². The Morgan fingerprint density at radius 2 is 2.21 bits per heavy atom. The van der Waals surface area contributed by atoms with Crippen LogP contribution >= 0.6 is 15.9 Å². The molecule has 1 heterocycles. The molecule has 72 valence electrons. The van der Waals surface area contributed by atoms with Crippen LogP contribution in [0.15, 0.2) is 28.9 Å². The fourth-order valence-corrected chi connectivity index (χ4v) is 1.54. The van der Waals surface area contributed by atoms with E-state index in [0.29, 0.717) is 10.4 Å². The molecule has 0 atom stereocenters. The van der Waals surface area contributed by atoms with Gasteiger partial charge in [-0.05, 0) is 34.1 Å². The van der Waals surface area contributed by atoms with Crippen LogP contribution in [0.1, 0.15) is 0 Å². The number of H-pyrrole nitrogens is 1. The van der Waals surface area contributed by atoms with Gasteiger partial charge in [-0.2, -0.15) is 0 Å². The van der Waals surface area contributed by atoms with Crippen molar-refractivity contribution in [2.75, 3.05) is 5.73 Å². The van der Waals surface area contributed by atoms with Gasteiger partial charge >= 0.3 is 0 Å². The van der Waals surface area contributed by atoms with Gasteiger partial charge < -0.3 is 15.8 Å². The number of aromatic amines is 1. The average molecular weight is 254 g/mol. The van der Waals surface area contributed by atoms with Crippen LogP contribution in [0.4, 0.5) is 5.95 Å². The third-order valence-electron chi connectivity index (χ3n) is 1.85. The molecule has 0 radical (unpaired) electrons. The number of halogens is 1. The Balaban J connectivity index is 2.47. The van der Waals surface area contributed by atoms with Crippen LogP contribution in [0.2, 0.25) is 0 Å². The zero-order chi connectivity index (χ0) is 10.1. The molecule has 0 saturated carbocycles. The lowest BCUT2D eigenvalue weighted by Gasteiger charge is -2.00. The second-order valence-corrected chi connectivity index (χ2v) is 3.70. The predicted molar refractivity (Wildman–Crippen MR) is 57.8 cm³/mol. The number of nitrogens with zero attached hydrogens (tertiary/aromatic N) is 1. The highest BCUT2D eigenvalue weighted by atomic mass is 79.9. The molecule has 0 bridgehead atoms. The fraction of sp³-hybridized carbons (Fsp3) is 0. The third kappa shape index (κ3) is 1.58. The standard InChI is InChI=1S/C9H8BrN3O/c10-6-3-5(1-2-8(6)14)7-4-12-9(11)13-7/h1-4,14H,(H3,11,12,13). The van der Waals surface area contributed by atoms with Crippen molar-refractivity contribution >= 4 is 21.9 Å². The lowest BCUT2D eigenvalue weighted by atomic mass is 10.2. The van der Waals surface area contributed by atoms with E-state index in [-0.39, 0.29) is 5.75 Å². The summed E-state index contributed by atoms with van der Waals surface area (Å²) in [5.74, 6) is 0.588. The van der Waals surface area contributed by atoms with Crippen molar-refractivity contribution in [2.24, 2.45) is 0 Å². The number of anilines is 1. The molecule has 14 heavy (non-hydrogen) atoms. The van der Waals surface area contributed by atoms with E-state index in [2.05, 4.69) is 25.9 Å². The maximum Gasteiger partial charge on any atom is 0.197 e. The molecule has 4 N–H and O–H groups in total. The van der Waals surface area contributed by atoms with E-state index in [4.69, 9.17) is 5.73 Å². The van der Waals surface area contributed by atoms with Crippen molar-refractivity contribution in [3.05, 3.63) is 28.9 Å². The van der Waals surface area contributed by atoms with Gasteiger partial charge in [0.15, 0.2) is 5.95 Å². The first-order valence-corrected chi connectivity index (χ1v) is 4.75. The van der Waals surface area contributed by atoms with Crippen molar-refractivity contribution < 1.29 is 5.11 Å². The van der Waals surface area contributed by atoms with Crippen LogP contribution in [0.5, 0.6) is 5.75 Å². The van der Waals surface area contributed by atoms with Crippen molar-refractivity contribution in [3.8, 4) is 17.0 Å². The molecule has 0 unspecified atom stereocenters.